The highest BCUT2D eigenvalue weighted by atomic mass is 35.7. The SMILES string of the molecule is Clc1ccccc1-c1cc(-c2ccccc2)[o+]c(-c2ccccc2)c1.[O-][Cl+3]([O-])([O-])[O-]. The minimum absolute atomic E-state index is 0.728. The van der Waals surface area contributed by atoms with Crippen molar-refractivity contribution in [3.8, 4) is 33.8 Å². The topological polar surface area (TPSA) is 104 Å². The lowest BCUT2D eigenvalue weighted by Gasteiger charge is -2.17. The van der Waals surface area contributed by atoms with Gasteiger partial charge in [0, 0.05) is 16.1 Å². The molecular formula is C23H16Cl2O5. The van der Waals surface area contributed by atoms with Gasteiger partial charge in [-0.1, -0.05) is 66.2 Å². The molecule has 5 nitrogen and oxygen atoms in total. The van der Waals surface area contributed by atoms with Crippen LogP contribution in [0.4, 0.5) is 0 Å². The maximum atomic E-state index is 8.49. The summed E-state index contributed by atoms with van der Waals surface area (Å²) >= 11 is 6.42. The highest BCUT2D eigenvalue weighted by Crippen LogP contribution is 2.35. The van der Waals surface area contributed by atoms with Crippen molar-refractivity contribution in [2.75, 3.05) is 0 Å². The molecule has 4 aromatic rings. The zero-order valence-electron chi connectivity index (χ0n) is 15.5. The molecule has 0 atom stereocenters. The van der Waals surface area contributed by atoms with Crippen LogP contribution in [-0.2, 0) is 0 Å². The van der Waals surface area contributed by atoms with E-state index < -0.39 is 10.2 Å². The second kappa shape index (κ2) is 9.82. The fourth-order valence-corrected chi connectivity index (χ4v) is 3.09. The van der Waals surface area contributed by atoms with Crippen LogP contribution in [0.25, 0.3) is 33.8 Å². The molecule has 1 aromatic heterocycles. The van der Waals surface area contributed by atoms with E-state index in [1.165, 1.54) is 0 Å². The van der Waals surface area contributed by atoms with Gasteiger partial charge in [0.1, 0.15) is 0 Å². The largest absolute Gasteiger partial charge is 0.361 e. The Balaban J connectivity index is 0.000000461. The predicted octanol–water partition coefficient (Wildman–Crippen LogP) is 2.46. The number of hydrogen-bond donors (Lipinski definition) is 0. The first-order valence-corrected chi connectivity index (χ1v) is 10.4. The lowest BCUT2D eigenvalue weighted by Crippen LogP contribution is -2.68. The molecule has 30 heavy (non-hydrogen) atoms. The van der Waals surface area contributed by atoms with Crippen molar-refractivity contribution in [1.82, 2.24) is 0 Å². The van der Waals surface area contributed by atoms with E-state index >= 15 is 0 Å². The van der Waals surface area contributed by atoms with Gasteiger partial charge >= 0.3 is 11.5 Å². The number of rotatable bonds is 3. The Kier molecular flexibility index (Phi) is 7.18. The van der Waals surface area contributed by atoms with Gasteiger partial charge in [0.25, 0.3) is 0 Å². The zero-order chi connectivity index (χ0) is 21.6. The second-order valence-electron chi connectivity index (χ2n) is 6.16. The molecule has 0 radical (unpaired) electrons. The van der Waals surface area contributed by atoms with Crippen molar-refractivity contribution in [3.63, 3.8) is 0 Å². The highest BCUT2D eigenvalue weighted by Gasteiger charge is 2.21. The molecule has 0 fully saturated rings. The third-order valence-electron chi connectivity index (χ3n) is 4.09. The first-order chi connectivity index (χ1) is 14.3. The van der Waals surface area contributed by atoms with E-state index in [0.29, 0.717) is 0 Å². The Labute approximate surface area is 180 Å². The van der Waals surface area contributed by atoms with Crippen molar-refractivity contribution in [1.29, 1.82) is 0 Å². The minimum Gasteiger partial charge on any atom is -0.222 e. The third-order valence-corrected chi connectivity index (χ3v) is 4.42. The molecule has 0 saturated carbocycles. The van der Waals surface area contributed by atoms with Gasteiger partial charge < -0.3 is 0 Å². The van der Waals surface area contributed by atoms with Crippen LogP contribution in [-0.4, -0.2) is 0 Å². The maximum absolute atomic E-state index is 8.49. The summed E-state index contributed by atoms with van der Waals surface area (Å²) in [6.45, 7) is 0. The number of benzene rings is 3. The van der Waals surface area contributed by atoms with E-state index in [4.69, 9.17) is 34.7 Å². The van der Waals surface area contributed by atoms with Gasteiger partial charge in [0.2, 0.25) is 0 Å². The van der Waals surface area contributed by atoms with E-state index in [1.54, 1.807) is 0 Å². The fraction of sp³-hybridized carbons (Fsp3) is 0. The maximum Gasteiger partial charge on any atom is 0.361 e. The molecule has 0 aliphatic carbocycles. The summed E-state index contributed by atoms with van der Waals surface area (Å²) in [6, 6.07) is 32.2. The van der Waals surface area contributed by atoms with Crippen molar-refractivity contribution in [3.05, 3.63) is 102 Å². The molecule has 0 bridgehead atoms. The number of halogens is 2. The molecule has 0 unspecified atom stereocenters. The first-order valence-electron chi connectivity index (χ1n) is 8.77. The van der Waals surface area contributed by atoms with Gasteiger partial charge in [-0.15, -0.1) is 10.2 Å². The summed E-state index contributed by atoms with van der Waals surface area (Å²) in [5.41, 5.74) is 4.10. The molecule has 0 aliphatic heterocycles. The quantitative estimate of drug-likeness (QED) is 0.453. The molecule has 7 heteroatoms. The standard InChI is InChI=1S/C23H16ClO.ClHO4/c24-21-14-8-7-13-20(21)19-15-22(17-9-3-1-4-10-17)25-23(16-19)18-11-5-2-6-12-18;2-1(3,4)5/h1-16H;(H,2,3,4,5)/q+1;/p-1. The summed E-state index contributed by atoms with van der Waals surface area (Å²) < 4.78 is 40.2. The van der Waals surface area contributed by atoms with Crippen molar-refractivity contribution >= 4 is 11.6 Å². The highest BCUT2D eigenvalue weighted by molar-refractivity contribution is 6.33. The fourth-order valence-electron chi connectivity index (χ4n) is 2.84. The molecule has 0 amide bonds. The lowest BCUT2D eigenvalue weighted by atomic mass is 10.0. The predicted molar refractivity (Wildman–Crippen MR) is 104 cm³/mol. The van der Waals surface area contributed by atoms with Gasteiger partial charge in [-0.05, 0) is 30.3 Å². The van der Waals surface area contributed by atoms with Crippen LogP contribution in [0.5, 0.6) is 0 Å². The van der Waals surface area contributed by atoms with Crippen LogP contribution >= 0.6 is 11.6 Å². The van der Waals surface area contributed by atoms with Crippen molar-refractivity contribution in [2.45, 2.75) is 0 Å². The number of hydrogen-bond acceptors (Lipinski definition) is 4. The molecule has 1 heterocycles. The lowest BCUT2D eigenvalue weighted by molar-refractivity contribution is -2.00. The van der Waals surface area contributed by atoms with E-state index in [9.17, 15) is 0 Å². The van der Waals surface area contributed by atoms with E-state index in [-0.39, 0.29) is 0 Å². The van der Waals surface area contributed by atoms with Crippen LogP contribution in [0.3, 0.4) is 0 Å². The van der Waals surface area contributed by atoms with Crippen LogP contribution in [0, 0.1) is 10.2 Å². The molecule has 3 aromatic carbocycles. The Morgan fingerprint density at radius 1 is 0.567 bits per heavy atom. The van der Waals surface area contributed by atoms with Crippen LogP contribution in [0.15, 0.2) is 101 Å². The van der Waals surface area contributed by atoms with E-state index in [2.05, 4.69) is 0 Å². The zero-order valence-corrected chi connectivity index (χ0v) is 17.0. The average Bonchev–Trinajstić information content (AvgIpc) is 2.74. The Morgan fingerprint density at radius 2 is 0.967 bits per heavy atom. The first kappa shape index (κ1) is 21.9. The molecule has 0 spiro atoms. The third kappa shape index (κ3) is 6.37. The molecular weight excluding hydrogens is 427 g/mol. The van der Waals surface area contributed by atoms with Gasteiger partial charge in [-0.2, -0.15) is 0 Å². The van der Waals surface area contributed by atoms with E-state index in [0.717, 1.165) is 38.8 Å². The van der Waals surface area contributed by atoms with Gasteiger partial charge in [0.15, 0.2) is 0 Å². The van der Waals surface area contributed by atoms with E-state index in [1.807, 2.05) is 97.1 Å². The normalized spacial score (nSPS) is 10.8. The van der Waals surface area contributed by atoms with Gasteiger partial charge in [-0.25, -0.2) is 23.1 Å². The molecule has 0 aliphatic rings. The molecule has 0 N–H and O–H groups in total. The molecule has 4 rings (SSSR count). The van der Waals surface area contributed by atoms with Crippen molar-refractivity contribution in [2.24, 2.45) is 0 Å². The molecule has 0 saturated heterocycles. The smallest absolute Gasteiger partial charge is 0.222 e. The summed E-state index contributed by atoms with van der Waals surface area (Å²) in [7, 11) is -4.94. The minimum atomic E-state index is -4.94. The summed E-state index contributed by atoms with van der Waals surface area (Å²) in [4.78, 5) is 0. The Hall–Kier alpha value is -2.77. The van der Waals surface area contributed by atoms with Crippen molar-refractivity contribution < 1.29 is 33.3 Å². The van der Waals surface area contributed by atoms with Crippen LogP contribution in [0.2, 0.25) is 5.02 Å². The average molecular weight is 443 g/mol. The Bertz CT molecular complexity index is 1030. The van der Waals surface area contributed by atoms with Gasteiger partial charge in [0.05, 0.1) is 23.3 Å². The van der Waals surface area contributed by atoms with Crippen LogP contribution < -0.4 is 18.6 Å². The summed E-state index contributed by atoms with van der Waals surface area (Å²) in [5, 5.41) is 0.728. The van der Waals surface area contributed by atoms with Crippen LogP contribution in [0.1, 0.15) is 0 Å². The van der Waals surface area contributed by atoms with Gasteiger partial charge in [-0.3, -0.25) is 0 Å². The Morgan fingerprint density at radius 3 is 1.40 bits per heavy atom. The summed E-state index contributed by atoms with van der Waals surface area (Å²) in [6.07, 6.45) is 0. The summed E-state index contributed by atoms with van der Waals surface area (Å²) in [5.74, 6) is 1.63. The molecule has 152 valence electrons. The monoisotopic (exact) mass is 442 g/mol. The second-order valence-corrected chi connectivity index (χ2v) is 7.33.